The smallest absolute Gasteiger partial charge is 0.273 e. The van der Waals surface area contributed by atoms with Crippen molar-refractivity contribution in [3.8, 4) is 0 Å². The van der Waals surface area contributed by atoms with E-state index in [-0.39, 0.29) is 11.8 Å². The molecule has 3 rings (SSSR count). The molecule has 2 aromatic rings. The first-order valence-electron chi connectivity index (χ1n) is 7.13. The van der Waals surface area contributed by atoms with E-state index in [1.807, 2.05) is 10.3 Å². The van der Waals surface area contributed by atoms with E-state index in [9.17, 15) is 4.79 Å². The maximum atomic E-state index is 12.6. The summed E-state index contributed by atoms with van der Waals surface area (Å²) in [7, 11) is 0. The molecule has 1 aliphatic rings. The number of H-pyrrole nitrogens is 1. The molecule has 1 fully saturated rings. The summed E-state index contributed by atoms with van der Waals surface area (Å²) in [4.78, 5) is 18.9. The Morgan fingerprint density at radius 1 is 1.52 bits per heavy atom. The second-order valence-corrected chi connectivity index (χ2v) is 6.48. The number of hydrogen-bond donors (Lipinski definition) is 1. The van der Waals surface area contributed by atoms with Crippen LogP contribution >= 0.6 is 11.3 Å². The van der Waals surface area contributed by atoms with E-state index < -0.39 is 0 Å². The summed E-state index contributed by atoms with van der Waals surface area (Å²) < 4.78 is 0. The number of aromatic nitrogens is 5. The third-order valence-corrected chi connectivity index (χ3v) is 4.82. The quantitative estimate of drug-likeness (QED) is 0.934. The van der Waals surface area contributed by atoms with E-state index >= 15 is 0 Å². The summed E-state index contributed by atoms with van der Waals surface area (Å²) in [5, 5.41) is 17.0. The molecule has 1 aliphatic heterocycles. The maximum Gasteiger partial charge on any atom is 0.273 e. The molecule has 112 valence electrons. The first kappa shape index (κ1) is 14.1. The van der Waals surface area contributed by atoms with Crippen molar-refractivity contribution in [2.45, 2.75) is 38.5 Å². The normalized spacial score (nSPS) is 19.2. The molecular formula is C13H18N6OS. The monoisotopic (exact) mass is 306 g/mol. The van der Waals surface area contributed by atoms with Gasteiger partial charge in [0.25, 0.3) is 5.91 Å². The summed E-state index contributed by atoms with van der Waals surface area (Å²) in [6, 6.07) is 0. The predicted molar refractivity (Wildman–Crippen MR) is 78.3 cm³/mol. The van der Waals surface area contributed by atoms with E-state index in [0.29, 0.717) is 24.0 Å². The van der Waals surface area contributed by atoms with Gasteiger partial charge in [0.2, 0.25) is 0 Å². The number of amides is 1. The molecule has 1 saturated heterocycles. The van der Waals surface area contributed by atoms with Gasteiger partial charge in [0.15, 0.2) is 5.82 Å². The molecule has 3 heterocycles. The topological polar surface area (TPSA) is 87.7 Å². The standard InChI is InChI=1S/C13H18N6OS/c1-8(2)12-14-10(7-21-12)13(20)19-5-3-4-9(6-19)11-15-17-18-16-11/h7-9H,3-6H2,1-2H3,(H,15,16,17,18)/t9-/m1/s1. The Morgan fingerprint density at radius 2 is 2.38 bits per heavy atom. The largest absolute Gasteiger partial charge is 0.337 e. The third kappa shape index (κ3) is 2.94. The van der Waals surface area contributed by atoms with Gasteiger partial charge in [-0.05, 0) is 12.8 Å². The summed E-state index contributed by atoms with van der Waals surface area (Å²) >= 11 is 1.55. The van der Waals surface area contributed by atoms with Crippen LogP contribution in [-0.4, -0.2) is 49.5 Å². The van der Waals surface area contributed by atoms with Gasteiger partial charge in [-0.25, -0.2) is 4.98 Å². The van der Waals surface area contributed by atoms with Gasteiger partial charge in [0, 0.05) is 30.3 Å². The van der Waals surface area contributed by atoms with Gasteiger partial charge >= 0.3 is 0 Å². The molecule has 2 aromatic heterocycles. The van der Waals surface area contributed by atoms with Crippen molar-refractivity contribution in [2.24, 2.45) is 0 Å². The molecule has 0 aliphatic carbocycles. The Hall–Kier alpha value is -1.83. The highest BCUT2D eigenvalue weighted by Gasteiger charge is 2.28. The van der Waals surface area contributed by atoms with Gasteiger partial charge in [0.05, 0.1) is 5.01 Å². The fraction of sp³-hybridized carbons (Fsp3) is 0.615. The lowest BCUT2D eigenvalue weighted by atomic mass is 9.97. The van der Waals surface area contributed by atoms with E-state index in [0.717, 1.165) is 24.4 Å². The van der Waals surface area contributed by atoms with E-state index in [2.05, 4.69) is 39.5 Å². The number of rotatable bonds is 3. The Bertz CT molecular complexity index is 608. The van der Waals surface area contributed by atoms with Crippen LogP contribution in [0.25, 0.3) is 0 Å². The number of piperidine rings is 1. The highest BCUT2D eigenvalue weighted by molar-refractivity contribution is 7.09. The van der Waals surface area contributed by atoms with Crippen molar-refractivity contribution in [1.82, 2.24) is 30.5 Å². The number of thiazole rings is 1. The van der Waals surface area contributed by atoms with Crippen molar-refractivity contribution in [3.63, 3.8) is 0 Å². The number of tetrazole rings is 1. The number of hydrogen-bond acceptors (Lipinski definition) is 6. The van der Waals surface area contributed by atoms with Crippen LogP contribution < -0.4 is 0 Å². The molecule has 7 nitrogen and oxygen atoms in total. The molecule has 1 atom stereocenters. The van der Waals surface area contributed by atoms with Crippen LogP contribution in [0.2, 0.25) is 0 Å². The minimum Gasteiger partial charge on any atom is -0.337 e. The molecule has 1 amide bonds. The minimum absolute atomic E-state index is 0.00587. The van der Waals surface area contributed by atoms with Crippen molar-refractivity contribution in [1.29, 1.82) is 0 Å². The maximum absolute atomic E-state index is 12.6. The average molecular weight is 306 g/mol. The van der Waals surface area contributed by atoms with E-state index in [1.54, 1.807) is 11.3 Å². The Morgan fingerprint density at radius 3 is 3.05 bits per heavy atom. The van der Waals surface area contributed by atoms with Crippen LogP contribution in [-0.2, 0) is 0 Å². The molecule has 0 radical (unpaired) electrons. The lowest BCUT2D eigenvalue weighted by molar-refractivity contribution is 0.0699. The number of aromatic amines is 1. The Kier molecular flexibility index (Phi) is 3.96. The van der Waals surface area contributed by atoms with Crippen LogP contribution in [0, 0.1) is 0 Å². The number of nitrogens with one attached hydrogen (secondary N) is 1. The van der Waals surface area contributed by atoms with E-state index in [4.69, 9.17) is 0 Å². The SMILES string of the molecule is CC(C)c1nc(C(=O)N2CCC[C@@H](c3nn[nH]n3)C2)cs1. The van der Waals surface area contributed by atoms with Gasteiger partial charge in [-0.15, -0.1) is 21.5 Å². The van der Waals surface area contributed by atoms with Gasteiger partial charge in [-0.3, -0.25) is 4.79 Å². The van der Waals surface area contributed by atoms with Gasteiger partial charge < -0.3 is 4.90 Å². The van der Waals surface area contributed by atoms with Crippen molar-refractivity contribution in [3.05, 3.63) is 21.9 Å². The van der Waals surface area contributed by atoms with Crippen LogP contribution in [0.15, 0.2) is 5.38 Å². The number of likely N-dealkylation sites (tertiary alicyclic amines) is 1. The first-order valence-corrected chi connectivity index (χ1v) is 8.01. The predicted octanol–water partition coefficient (Wildman–Crippen LogP) is 1.80. The fourth-order valence-corrected chi connectivity index (χ4v) is 3.34. The summed E-state index contributed by atoms with van der Waals surface area (Å²) in [5.74, 6) is 1.20. The molecule has 0 aromatic carbocycles. The van der Waals surface area contributed by atoms with Gasteiger partial charge in [0.1, 0.15) is 5.69 Å². The van der Waals surface area contributed by atoms with Crippen LogP contribution in [0.4, 0.5) is 0 Å². The zero-order valence-corrected chi connectivity index (χ0v) is 12.9. The summed E-state index contributed by atoms with van der Waals surface area (Å²) in [5.41, 5.74) is 0.553. The molecule has 0 saturated carbocycles. The van der Waals surface area contributed by atoms with Crippen molar-refractivity contribution in [2.75, 3.05) is 13.1 Å². The average Bonchev–Trinajstić information content (AvgIpc) is 3.18. The molecule has 0 unspecified atom stereocenters. The zero-order valence-electron chi connectivity index (χ0n) is 12.1. The van der Waals surface area contributed by atoms with Crippen LogP contribution in [0.5, 0.6) is 0 Å². The van der Waals surface area contributed by atoms with Gasteiger partial charge in [-0.2, -0.15) is 5.21 Å². The highest BCUT2D eigenvalue weighted by atomic mass is 32.1. The first-order chi connectivity index (χ1) is 10.1. The number of nitrogens with zero attached hydrogens (tertiary/aromatic N) is 5. The molecule has 0 bridgehead atoms. The lowest BCUT2D eigenvalue weighted by Gasteiger charge is -2.30. The zero-order chi connectivity index (χ0) is 14.8. The summed E-state index contributed by atoms with van der Waals surface area (Å²) in [6.07, 6.45) is 1.93. The number of carbonyl (C=O) groups excluding carboxylic acids is 1. The highest BCUT2D eigenvalue weighted by Crippen LogP contribution is 2.26. The number of carbonyl (C=O) groups is 1. The molecular weight excluding hydrogens is 288 g/mol. The third-order valence-electron chi connectivity index (χ3n) is 3.67. The Labute approximate surface area is 126 Å². The van der Waals surface area contributed by atoms with Crippen molar-refractivity contribution < 1.29 is 4.79 Å². The van der Waals surface area contributed by atoms with Crippen LogP contribution in [0.1, 0.15) is 59.8 Å². The van der Waals surface area contributed by atoms with Crippen LogP contribution in [0.3, 0.4) is 0 Å². The lowest BCUT2D eigenvalue weighted by Crippen LogP contribution is -2.39. The second kappa shape index (κ2) is 5.88. The van der Waals surface area contributed by atoms with Gasteiger partial charge in [-0.1, -0.05) is 19.1 Å². The summed E-state index contributed by atoms with van der Waals surface area (Å²) in [6.45, 7) is 5.56. The molecule has 1 N–H and O–H groups in total. The fourth-order valence-electron chi connectivity index (χ4n) is 2.53. The second-order valence-electron chi connectivity index (χ2n) is 5.59. The molecule has 8 heteroatoms. The Balaban J connectivity index is 1.71. The molecule has 0 spiro atoms. The van der Waals surface area contributed by atoms with Crippen molar-refractivity contribution >= 4 is 17.2 Å². The van der Waals surface area contributed by atoms with E-state index in [1.165, 1.54) is 0 Å². The minimum atomic E-state index is 0.00587. The molecule has 21 heavy (non-hydrogen) atoms.